The zero-order valence-corrected chi connectivity index (χ0v) is 71.0. The molecule has 32 nitrogen and oxygen atoms in total. The molecule has 4 rings (SSSR count). The minimum atomic E-state index is -2.55. The van der Waals surface area contributed by atoms with E-state index < -0.39 is 96.6 Å². The van der Waals surface area contributed by atoms with Crippen molar-refractivity contribution in [1.29, 1.82) is 0 Å². The number of nitrogens with one attached hydrogen (secondary N) is 1. The van der Waals surface area contributed by atoms with Crippen molar-refractivity contribution in [2.45, 2.75) is 180 Å². The van der Waals surface area contributed by atoms with Gasteiger partial charge in [0.05, 0.1) is 50.3 Å². The Morgan fingerprint density at radius 2 is 0.961 bits per heavy atom. The molecule has 0 unspecified atom stereocenters. The first kappa shape index (κ1) is 110. The van der Waals surface area contributed by atoms with Crippen molar-refractivity contribution >= 4 is 23.4 Å². The van der Waals surface area contributed by atoms with E-state index in [1.165, 1.54) is 19.9 Å². The number of fused-ring (bicyclic) bond motifs is 3. The van der Waals surface area contributed by atoms with Gasteiger partial charge in [0.15, 0.2) is 0 Å². The second-order valence-electron chi connectivity index (χ2n) is 25.8. The number of carbonyl (C=O) groups is 4. The standard InChI is InChI=1S/C48H77NO15.C48H6.H3NO15.35H2/c1-28-19-29(2)21-41(60-7)44-42(61-8)23-31(4)48(58,64-44)45(55)46(56)49-17-11-9-14-36(49)47(57)63-43(30(3)22-33-15-16-37(52)40(24-33)59-6)32(5)38(53)25-39(54)34(20-28)13-10-12-18-62-27-35(51)26-50;1-3-5-7-9-11-13-15-17-19-21-23-25-27-29-31-33-35-37-39-41-43-45-47-48-46-44-42-40-38-36-34-32-30-28-26-24-22-20-18-16-14-12-10-8-6-4-2;2-6-10-14-12-8-4-1-5-9-13-16-15-11-7-3;;;;;;;;;;;;;;;;;;;;;;;;;;;;;;;;;;;/h10,12,20,22,29,31-38,40-44,50-53,58H,9,11,13-19,21,23-27H2,1-8H3;1-2H3;1-3H;35*1H/b12-10+,28-20+,30-22+;;;;;;;;;;;;;;;;;;;;;;;;;;;;;;;;;;;;;/t29-,31+,32+,33-,34+,35+,36-,37+,38-,40+,41-,42-,43+,44+,48+;;;;;;;;;;;;;;;;;;;;;;;;;;;;;;;;;;;;;/m0...................................../s1. The number of nitrogens with zero attached hydrogens (tertiary/aromatic N) is 1. The molecular weight excluding hydrogens is 1660 g/mol. The van der Waals surface area contributed by atoms with E-state index in [-0.39, 0.29) is 119 Å². The number of amides is 1. The molecule has 3 fully saturated rings. The Hall–Kier alpha value is -13.7. The largest absolute Gasteiger partial charge is 0.456 e. The predicted molar refractivity (Wildman–Crippen MR) is 522 cm³/mol. The normalized spacial score (nSPS) is 22.1. The average Bonchev–Trinajstić information content (AvgIpc) is 0.856. The minimum Gasteiger partial charge on any atom is -0.456 e. The van der Waals surface area contributed by atoms with Crippen LogP contribution in [0, 0.1) is 302 Å². The van der Waals surface area contributed by atoms with E-state index in [0.717, 1.165) is 10.5 Å². The Balaban J connectivity index is -0.0000000479. The molecular formula is C96H156N2O30. The van der Waals surface area contributed by atoms with Gasteiger partial charge in [0.2, 0.25) is 5.79 Å². The molecule has 0 radical (unpaired) electrons. The minimum absolute atomic E-state index is 0. The summed E-state index contributed by atoms with van der Waals surface area (Å²) in [4.78, 5) is 65.8. The molecule has 730 valence electrons. The zero-order valence-electron chi connectivity index (χ0n) is 71.0. The Labute approximate surface area is 796 Å². The maximum atomic E-state index is 14.4. The molecule has 4 aliphatic rings. The summed E-state index contributed by atoms with van der Waals surface area (Å²) in [6.45, 7) is 12.2. The van der Waals surface area contributed by atoms with Crippen LogP contribution < -0.4 is 5.64 Å². The van der Waals surface area contributed by atoms with Crippen LogP contribution in [-0.2, 0) is 113 Å². The Morgan fingerprint density at radius 1 is 0.547 bits per heavy atom. The molecule has 1 aliphatic carbocycles. The van der Waals surface area contributed by atoms with E-state index in [4.69, 9.17) is 44.0 Å². The van der Waals surface area contributed by atoms with E-state index in [2.05, 4.69) is 338 Å². The fourth-order valence-corrected chi connectivity index (χ4v) is 11.5. The number of aliphatic hydroxyl groups excluding tert-OH is 4. The number of cyclic esters (lactones) is 1. The Morgan fingerprint density at radius 3 is 1.38 bits per heavy atom. The molecule has 2 saturated heterocycles. The van der Waals surface area contributed by atoms with Gasteiger partial charge in [-0.3, -0.25) is 14.4 Å². The van der Waals surface area contributed by atoms with Crippen LogP contribution >= 0.6 is 0 Å². The van der Waals surface area contributed by atoms with Crippen molar-refractivity contribution in [3.05, 3.63) is 35.5 Å². The van der Waals surface area contributed by atoms with Crippen LogP contribution in [0.15, 0.2) is 35.5 Å². The summed E-state index contributed by atoms with van der Waals surface area (Å²) in [6.07, 6.45) is 4.96. The van der Waals surface area contributed by atoms with Crippen molar-refractivity contribution in [2.75, 3.05) is 47.7 Å². The molecule has 0 aromatic rings. The molecule has 1 saturated carbocycles. The highest BCUT2D eigenvalue weighted by Gasteiger charge is 2.57. The van der Waals surface area contributed by atoms with Crippen molar-refractivity contribution in [3.8, 4) is 272 Å². The first-order valence-corrected chi connectivity index (χ1v) is 38.0. The predicted octanol–water partition coefficient (Wildman–Crippen LogP) is 11.7. The Bertz CT molecular complexity index is 5340. The number of carbonyl (C=O) groups excluding carboxylic acids is 4. The molecule has 0 aromatic carbocycles. The highest BCUT2D eigenvalue weighted by atomic mass is 17.9. The molecule has 0 spiro atoms. The zero-order chi connectivity index (χ0) is 93.7. The summed E-state index contributed by atoms with van der Waals surface area (Å²) in [6, 6.07) is -1.18. The molecule has 32 heteroatoms. The van der Waals surface area contributed by atoms with Crippen molar-refractivity contribution in [1.82, 2.24) is 10.5 Å². The SMILES string of the molecule is CC#CC#CC#CC#CC#CC#CC#CC#CC#CC#CC#CC#CC#CC#CC#CC#CC#CC#CC#CC#CC#CC#CC#CC.CO[C@H]1C[C@@H](C)C/C(C)=C/[C@@H](C/C=C/COC[C@H](O)CO)C(=O)C[C@H](O)[C@@H](C)[C@@H](/C(C)=C/[C@@H]2CC[C@@H](O)[C@H](OC)C2)OC(=O)[C@@H]2CCCCN2C(=O)C(=O)[C@]2(O)O[C@H]1[C@@H](OC)C[C@H]2C.OOOOOOONOOOOOOOO.[HH].[HH].[HH].[HH].[HH].[HH].[HH].[HH].[HH].[HH].[HH].[HH].[HH].[HH].[HH].[HH].[HH].[HH].[HH].[HH].[HH].[HH].[HH].[HH].[HH].[HH].[HH].[HH].[HH].[HH].[HH].[HH].[HH].[HH].[HH]. The van der Waals surface area contributed by atoms with Gasteiger partial charge in [0.25, 0.3) is 11.7 Å². The molecule has 128 heavy (non-hydrogen) atoms. The van der Waals surface area contributed by atoms with Crippen LogP contribution in [0.2, 0.25) is 0 Å². The van der Waals surface area contributed by atoms with Gasteiger partial charge in [-0.1, -0.05) is 72.5 Å². The monoisotopic (exact) mass is 1820 g/mol. The number of hydrogen-bond donors (Lipinski definition) is 8. The Kier molecular flexibility index (Phi) is 62.6. The highest BCUT2D eigenvalue weighted by Crippen LogP contribution is 2.40. The number of piperidine rings is 1. The number of hydrogen-bond acceptors (Lipinski definition) is 31. The van der Waals surface area contributed by atoms with Crippen LogP contribution in [-0.4, -0.2) is 173 Å². The lowest BCUT2D eigenvalue weighted by Crippen LogP contribution is -2.64. The van der Waals surface area contributed by atoms with Crippen LogP contribution in [0.4, 0.5) is 0 Å². The van der Waals surface area contributed by atoms with Crippen LogP contribution in [0.3, 0.4) is 0 Å². The lowest BCUT2D eigenvalue weighted by atomic mass is 9.81. The number of Topliss-reactive ketones (excluding diaryl/α,β-unsaturated/α-hetero) is 2. The average molecular weight is 1820 g/mol. The summed E-state index contributed by atoms with van der Waals surface area (Å²) < 4.78 is 35.3. The van der Waals surface area contributed by atoms with Crippen LogP contribution in [0.25, 0.3) is 0 Å². The van der Waals surface area contributed by atoms with Gasteiger partial charge >= 0.3 is 5.97 Å². The van der Waals surface area contributed by atoms with E-state index in [1.54, 1.807) is 53.9 Å². The number of ketones is 2. The number of esters is 1. The van der Waals surface area contributed by atoms with Gasteiger partial charge in [-0.05, 0) is 265 Å². The fraction of sp³-hybridized carbons (Fsp3) is 0.417. The summed E-state index contributed by atoms with van der Waals surface area (Å²) in [5.74, 6) is 107. The van der Waals surface area contributed by atoms with Crippen molar-refractivity contribution in [3.63, 3.8) is 0 Å². The molecule has 3 heterocycles. The molecule has 8 N–H and O–H groups in total. The first-order chi connectivity index (χ1) is 62.2. The highest BCUT2D eigenvalue weighted by molar-refractivity contribution is 6.39. The van der Waals surface area contributed by atoms with Crippen LogP contribution in [0.5, 0.6) is 0 Å². The molecule has 0 aromatic heterocycles. The van der Waals surface area contributed by atoms with Crippen molar-refractivity contribution in [2.24, 2.45) is 29.6 Å². The number of allylic oxidation sites excluding steroid dienone is 4. The van der Waals surface area contributed by atoms with E-state index in [9.17, 15) is 39.6 Å². The second kappa shape index (κ2) is 72.6. The maximum absolute atomic E-state index is 14.4. The number of methoxy groups -OCH3 is 3. The van der Waals surface area contributed by atoms with E-state index >= 15 is 0 Å². The van der Waals surface area contributed by atoms with Gasteiger partial charge in [-0.25, -0.2) is 15.3 Å². The summed E-state index contributed by atoms with van der Waals surface area (Å²) in [5, 5.41) is 104. The second-order valence-corrected chi connectivity index (χ2v) is 25.8. The topological polar surface area (TPSA) is 401 Å². The molecule has 1 amide bonds. The molecule has 3 aliphatic heterocycles. The number of rotatable bonds is 25. The summed E-state index contributed by atoms with van der Waals surface area (Å²) >= 11 is 0. The maximum Gasteiger partial charge on any atom is 0.329 e. The molecule has 2 bridgehead atoms. The lowest BCUT2D eigenvalue weighted by molar-refractivity contribution is -0.827. The van der Waals surface area contributed by atoms with Gasteiger partial charge in [-0.2, -0.15) is 0 Å². The molecule has 15 atom stereocenters. The van der Waals surface area contributed by atoms with E-state index in [0.29, 0.717) is 50.5 Å². The summed E-state index contributed by atoms with van der Waals surface area (Å²) in [7, 11) is 4.57. The lowest BCUT2D eigenvalue weighted by Gasteiger charge is -2.47. The third-order valence-electron chi connectivity index (χ3n) is 17.1. The first-order valence-electron chi connectivity index (χ1n) is 38.0. The van der Waals surface area contributed by atoms with Gasteiger partial charge in [0.1, 0.15) is 30.1 Å². The number of aliphatic hydroxyl groups is 5. The van der Waals surface area contributed by atoms with Gasteiger partial charge < -0.3 is 58.9 Å². The van der Waals surface area contributed by atoms with E-state index in [1.807, 2.05) is 26.0 Å². The van der Waals surface area contributed by atoms with Crippen molar-refractivity contribution < 1.29 is 199 Å². The quantitative estimate of drug-likeness (QED) is 0.00800. The van der Waals surface area contributed by atoms with Gasteiger partial charge in [-0.15, -0.1) is 0 Å². The third kappa shape index (κ3) is 50.3. The van der Waals surface area contributed by atoms with Gasteiger partial charge in [0, 0.05) is 268 Å². The third-order valence-corrected chi connectivity index (χ3v) is 17.1. The fourth-order valence-electron chi connectivity index (χ4n) is 11.5. The van der Waals surface area contributed by atoms with Crippen LogP contribution in [0.1, 0.15) is 169 Å². The smallest absolute Gasteiger partial charge is 0.329 e. The summed E-state index contributed by atoms with van der Waals surface area (Å²) in [5.41, 5.74) is 2.88. The number of ether oxygens (including phenoxy) is 6.